The maximum atomic E-state index is 14.4. The maximum Gasteiger partial charge on any atom is 0.399 e. The molecular formula is C40H45F2N6O8P. The van der Waals surface area contributed by atoms with Gasteiger partial charge in [-0.3, -0.25) is 28.5 Å². The molecule has 0 unspecified atom stereocenters. The number of carbonyl (C=O) groups is 5. The molecule has 1 aromatic heterocycles. The molecule has 4 amide bonds. The number of alkyl halides is 2. The first-order chi connectivity index (χ1) is 27.0. The fourth-order valence-corrected chi connectivity index (χ4v) is 8.23. The predicted molar refractivity (Wildman–Crippen MR) is 206 cm³/mol. The average Bonchev–Trinajstić information content (AvgIpc) is 3.81. The van der Waals surface area contributed by atoms with Crippen LogP contribution in [0.3, 0.4) is 0 Å². The third-order valence-corrected chi connectivity index (χ3v) is 11.8. The fraction of sp³-hybridized carbons (Fsp3) is 0.375. The fourth-order valence-electron chi connectivity index (χ4n) is 7.75. The summed E-state index contributed by atoms with van der Waals surface area (Å²) < 4.78 is 40.2. The molecule has 2 fully saturated rings. The van der Waals surface area contributed by atoms with Crippen molar-refractivity contribution in [2.75, 3.05) is 20.1 Å². The van der Waals surface area contributed by atoms with Crippen LogP contribution in [0, 0.1) is 0 Å². The molecule has 0 radical (unpaired) electrons. The van der Waals surface area contributed by atoms with Gasteiger partial charge in [-0.15, -0.1) is 0 Å². The monoisotopic (exact) mass is 806 g/mol. The van der Waals surface area contributed by atoms with Crippen molar-refractivity contribution < 1.29 is 47.1 Å². The minimum atomic E-state index is -5.83. The van der Waals surface area contributed by atoms with Crippen molar-refractivity contribution >= 4 is 47.9 Å². The molecule has 17 heteroatoms. The number of nitrogens with two attached hydrogens (primary N) is 1. The van der Waals surface area contributed by atoms with Crippen LogP contribution in [0.4, 0.5) is 8.78 Å². The first-order valence-electron chi connectivity index (χ1n) is 18.6. The van der Waals surface area contributed by atoms with E-state index < -0.39 is 60.6 Å². The number of nitrogens with one attached hydrogen (secondary N) is 3. The van der Waals surface area contributed by atoms with E-state index in [0.29, 0.717) is 25.8 Å². The summed E-state index contributed by atoms with van der Waals surface area (Å²) in [6.45, 7) is 0.624. The highest BCUT2D eigenvalue weighted by Gasteiger charge is 2.50. The van der Waals surface area contributed by atoms with Gasteiger partial charge in [0, 0.05) is 47.8 Å². The van der Waals surface area contributed by atoms with Crippen LogP contribution in [-0.4, -0.2) is 98.3 Å². The van der Waals surface area contributed by atoms with Crippen molar-refractivity contribution in [3.8, 4) is 0 Å². The van der Waals surface area contributed by atoms with Crippen LogP contribution in [0.5, 0.6) is 0 Å². The van der Waals surface area contributed by atoms with Gasteiger partial charge in [-0.2, -0.15) is 8.78 Å². The Morgan fingerprint density at radius 2 is 1.61 bits per heavy atom. The lowest BCUT2D eigenvalue weighted by Gasteiger charge is -2.38. The molecule has 4 atom stereocenters. The summed E-state index contributed by atoms with van der Waals surface area (Å²) in [5.74, 6) is -3.11. The molecule has 0 bridgehead atoms. The Balaban J connectivity index is 1.20. The van der Waals surface area contributed by atoms with E-state index in [4.69, 9.17) is 15.5 Å². The second-order valence-corrected chi connectivity index (χ2v) is 16.4. The van der Waals surface area contributed by atoms with Gasteiger partial charge >= 0.3 is 13.3 Å². The highest BCUT2D eigenvalue weighted by molar-refractivity contribution is 7.52. The Morgan fingerprint density at radius 1 is 0.965 bits per heavy atom. The van der Waals surface area contributed by atoms with Gasteiger partial charge in [0.05, 0.1) is 6.04 Å². The van der Waals surface area contributed by atoms with Gasteiger partial charge in [-0.05, 0) is 68.6 Å². The number of primary amides is 1. The van der Waals surface area contributed by atoms with Crippen LogP contribution in [0.25, 0.3) is 10.9 Å². The van der Waals surface area contributed by atoms with Crippen molar-refractivity contribution in [1.29, 1.82) is 0 Å². The Labute approximate surface area is 327 Å². The van der Waals surface area contributed by atoms with Gasteiger partial charge in [0.1, 0.15) is 17.8 Å². The Kier molecular flexibility index (Phi) is 12.4. The lowest BCUT2D eigenvalue weighted by Crippen LogP contribution is -2.61. The van der Waals surface area contributed by atoms with Crippen molar-refractivity contribution in [3.05, 3.63) is 107 Å². The summed E-state index contributed by atoms with van der Waals surface area (Å²) in [6, 6.07) is 19.6. The molecule has 2 aliphatic rings. The van der Waals surface area contributed by atoms with Crippen molar-refractivity contribution in [2.24, 2.45) is 5.73 Å². The number of amides is 4. The van der Waals surface area contributed by atoms with Crippen LogP contribution < -0.4 is 16.4 Å². The highest BCUT2D eigenvalue weighted by atomic mass is 31.2. The Hall–Kier alpha value is -5.28. The zero-order valence-corrected chi connectivity index (χ0v) is 32.0. The van der Waals surface area contributed by atoms with Gasteiger partial charge in [-0.25, -0.2) is 0 Å². The molecule has 57 heavy (non-hydrogen) atoms. The van der Waals surface area contributed by atoms with Crippen molar-refractivity contribution in [1.82, 2.24) is 25.4 Å². The number of hydrogen-bond acceptors (Lipinski definition) is 7. The lowest BCUT2D eigenvalue weighted by atomic mass is 9.85. The lowest BCUT2D eigenvalue weighted by molar-refractivity contribution is -0.143. The van der Waals surface area contributed by atoms with Crippen LogP contribution in [0.2, 0.25) is 0 Å². The number of nitrogens with zero attached hydrogens (tertiary/aromatic N) is 2. The molecule has 6 rings (SSSR count). The maximum absolute atomic E-state index is 14.4. The topological polar surface area (TPSA) is 215 Å². The molecule has 302 valence electrons. The summed E-state index contributed by atoms with van der Waals surface area (Å²) in [5, 5.41) is 5.65. The van der Waals surface area contributed by atoms with Gasteiger partial charge in [0.15, 0.2) is 5.78 Å². The van der Waals surface area contributed by atoms with E-state index in [1.165, 1.54) is 17.0 Å². The van der Waals surface area contributed by atoms with Crippen LogP contribution >= 0.6 is 7.60 Å². The number of Topliss-reactive ketones (excluding diaryl/α,β-unsaturated/α-hetero) is 1. The van der Waals surface area contributed by atoms with Crippen molar-refractivity contribution in [3.63, 3.8) is 0 Å². The molecule has 3 heterocycles. The molecule has 0 saturated carbocycles. The Bertz CT molecular complexity index is 2140. The highest BCUT2D eigenvalue weighted by Crippen LogP contribution is 2.59. The summed E-state index contributed by atoms with van der Waals surface area (Å²) in [7, 11) is -4.04. The predicted octanol–water partition coefficient (Wildman–Crippen LogP) is 3.73. The molecule has 2 saturated heterocycles. The SMILES string of the molecule is CN1CC[C@H]2CC[C@@H](C(=O)N[C@@H](CCC(N)=O)C(=O)CC(c3ccccc3)c3ccccc3)N2C(=O)[C@@H](NC(=O)c2cc3cc(C(F)(F)P(=O)(O)O)ccc3[nH]2)C1. The second-order valence-electron chi connectivity index (χ2n) is 14.8. The minimum absolute atomic E-state index is 0.0231. The molecule has 7 N–H and O–H groups in total. The number of rotatable bonds is 14. The number of likely N-dealkylation sites (N-methyl/N-ethyl adjacent to an activating group) is 1. The summed E-state index contributed by atoms with van der Waals surface area (Å²) in [4.78, 5) is 92.4. The number of halogens is 2. The second kappa shape index (κ2) is 17.1. The summed E-state index contributed by atoms with van der Waals surface area (Å²) in [6.07, 6.45) is 1.17. The van der Waals surface area contributed by atoms with Gasteiger partial charge in [0.2, 0.25) is 17.7 Å². The number of carbonyl (C=O) groups excluding carboxylic acids is 5. The van der Waals surface area contributed by atoms with E-state index in [1.807, 2.05) is 65.6 Å². The van der Waals surface area contributed by atoms with Crippen molar-refractivity contribution in [2.45, 2.75) is 74.3 Å². The third-order valence-electron chi connectivity index (χ3n) is 10.8. The van der Waals surface area contributed by atoms with Crippen LogP contribution in [0.1, 0.15) is 71.6 Å². The van der Waals surface area contributed by atoms with E-state index in [-0.39, 0.29) is 60.1 Å². The molecule has 4 aromatic rings. The van der Waals surface area contributed by atoms with Gasteiger partial charge in [-0.1, -0.05) is 66.7 Å². The molecule has 3 aromatic carbocycles. The Morgan fingerprint density at radius 3 is 2.23 bits per heavy atom. The average molecular weight is 807 g/mol. The standard InChI is InChI=1S/C40H45F2N6O8P/c1-47-19-18-28-13-16-34(38(52)45-31(15-17-36(43)50)35(49)22-29(24-8-4-2-5-9-24)25-10-6-3-7-11-25)48(28)39(53)33(23-47)46-37(51)32-21-26-20-27(12-14-30(26)44-32)40(41,42)57(54,55)56/h2-12,14,20-21,28-29,31,33-34,44H,13,15-19,22-23H2,1H3,(H2,43,50)(H,45,52)(H,46,51)(H2,54,55,56)/t28-,31+,33+,34+/m1/s1. The molecular weight excluding hydrogens is 761 g/mol. The quantitative estimate of drug-likeness (QED) is 0.102. The van der Waals surface area contributed by atoms with Gasteiger partial charge < -0.3 is 40.9 Å². The van der Waals surface area contributed by atoms with Gasteiger partial charge in [0.25, 0.3) is 5.91 Å². The zero-order chi connectivity index (χ0) is 41.1. The largest absolute Gasteiger partial charge is 0.399 e. The number of hydrogen-bond donors (Lipinski definition) is 6. The number of aromatic amines is 1. The number of benzene rings is 3. The molecule has 0 aliphatic carbocycles. The van der Waals surface area contributed by atoms with E-state index in [1.54, 1.807) is 7.05 Å². The smallest absolute Gasteiger partial charge is 0.370 e. The van der Waals surface area contributed by atoms with Crippen LogP contribution in [0.15, 0.2) is 84.9 Å². The number of aromatic nitrogens is 1. The summed E-state index contributed by atoms with van der Waals surface area (Å²) >= 11 is 0. The normalized spacial score (nSPS) is 19.8. The van der Waals surface area contributed by atoms with Crippen LogP contribution in [-0.2, 0) is 29.4 Å². The van der Waals surface area contributed by atoms with E-state index in [9.17, 15) is 37.3 Å². The number of H-pyrrole nitrogens is 1. The first-order valence-corrected chi connectivity index (χ1v) is 20.2. The molecule has 0 spiro atoms. The molecule has 14 nitrogen and oxygen atoms in total. The van der Waals surface area contributed by atoms with E-state index in [0.717, 1.165) is 23.3 Å². The minimum Gasteiger partial charge on any atom is -0.370 e. The number of fused-ring (bicyclic) bond motifs is 2. The van der Waals surface area contributed by atoms with E-state index >= 15 is 0 Å². The first kappa shape index (κ1) is 41.4. The third kappa shape index (κ3) is 9.31. The number of ketones is 1. The zero-order valence-electron chi connectivity index (χ0n) is 31.1. The van der Waals surface area contributed by atoms with E-state index in [2.05, 4.69) is 15.6 Å². The molecule has 2 aliphatic heterocycles. The summed E-state index contributed by atoms with van der Waals surface area (Å²) in [5.41, 5.74) is 2.04.